The summed E-state index contributed by atoms with van der Waals surface area (Å²) in [6, 6.07) is 11.0. The van der Waals surface area contributed by atoms with E-state index >= 15 is 0 Å². The molecule has 1 atom stereocenters. The lowest BCUT2D eigenvalue weighted by Crippen LogP contribution is -2.41. The molecule has 2 aromatic carbocycles. The Morgan fingerprint density at radius 3 is 2.37 bits per heavy atom. The number of anilines is 1. The van der Waals surface area contributed by atoms with Crippen LogP contribution in [0.5, 0.6) is 0 Å². The highest BCUT2D eigenvalue weighted by atomic mass is 35.5. The number of hydrogen-bond acceptors (Lipinski definition) is 3. The van der Waals surface area contributed by atoms with E-state index in [1.807, 2.05) is 31.2 Å². The lowest BCUT2D eigenvalue weighted by atomic mass is 10.1. The second kappa shape index (κ2) is 8.71. The van der Waals surface area contributed by atoms with Crippen LogP contribution in [0.25, 0.3) is 0 Å². The standard InChI is InChI=1S/C19H22ClFN2O3S/c1-4-14-5-7-15(8-6-14)13(2)22-19(24)12-23(27(3,25)26)16-9-10-18(21)17(20)11-16/h5-11,13H,4,12H2,1-3H3,(H,22,24). The van der Waals surface area contributed by atoms with Crippen molar-refractivity contribution in [2.45, 2.75) is 26.3 Å². The summed E-state index contributed by atoms with van der Waals surface area (Å²) in [6.45, 7) is 3.44. The molecule has 146 valence electrons. The van der Waals surface area contributed by atoms with Gasteiger partial charge in [-0.25, -0.2) is 12.8 Å². The number of carbonyl (C=O) groups excluding carboxylic acids is 1. The van der Waals surface area contributed by atoms with Gasteiger partial charge in [0.2, 0.25) is 15.9 Å². The molecule has 0 heterocycles. The third kappa shape index (κ3) is 5.68. The quantitative estimate of drug-likeness (QED) is 0.754. The van der Waals surface area contributed by atoms with E-state index in [4.69, 9.17) is 11.6 Å². The molecule has 27 heavy (non-hydrogen) atoms. The Labute approximate surface area is 164 Å². The monoisotopic (exact) mass is 412 g/mol. The van der Waals surface area contributed by atoms with Gasteiger partial charge in [-0.2, -0.15) is 0 Å². The number of hydrogen-bond donors (Lipinski definition) is 1. The molecule has 5 nitrogen and oxygen atoms in total. The number of benzene rings is 2. The Kier molecular flexibility index (Phi) is 6.84. The largest absolute Gasteiger partial charge is 0.348 e. The fourth-order valence-electron chi connectivity index (χ4n) is 2.58. The summed E-state index contributed by atoms with van der Waals surface area (Å²) in [4.78, 5) is 12.4. The van der Waals surface area contributed by atoms with Crippen LogP contribution in [0, 0.1) is 5.82 Å². The number of nitrogens with one attached hydrogen (secondary N) is 1. The Bertz CT molecular complexity index is 917. The number of rotatable bonds is 7. The van der Waals surface area contributed by atoms with Crippen LogP contribution in [0.3, 0.4) is 0 Å². The predicted octanol–water partition coefficient (Wildman–Crippen LogP) is 3.68. The first-order valence-electron chi connectivity index (χ1n) is 8.42. The summed E-state index contributed by atoms with van der Waals surface area (Å²) < 4.78 is 38.4. The summed E-state index contributed by atoms with van der Waals surface area (Å²) >= 11 is 5.74. The van der Waals surface area contributed by atoms with E-state index in [9.17, 15) is 17.6 Å². The SMILES string of the molecule is CCc1ccc(C(C)NC(=O)CN(c2ccc(F)c(Cl)c2)S(C)(=O)=O)cc1. The topological polar surface area (TPSA) is 66.5 Å². The molecule has 2 aromatic rings. The molecule has 1 amide bonds. The number of carbonyl (C=O) groups is 1. The Morgan fingerprint density at radius 1 is 1.22 bits per heavy atom. The second-order valence-electron chi connectivity index (χ2n) is 6.25. The van der Waals surface area contributed by atoms with Gasteiger partial charge in [-0.3, -0.25) is 9.10 Å². The van der Waals surface area contributed by atoms with Crippen molar-refractivity contribution in [3.8, 4) is 0 Å². The highest BCUT2D eigenvalue weighted by molar-refractivity contribution is 7.92. The van der Waals surface area contributed by atoms with E-state index in [2.05, 4.69) is 12.2 Å². The summed E-state index contributed by atoms with van der Waals surface area (Å²) in [7, 11) is -3.76. The number of halogens is 2. The molecule has 2 rings (SSSR count). The average Bonchev–Trinajstić information content (AvgIpc) is 2.61. The average molecular weight is 413 g/mol. The van der Waals surface area contributed by atoms with Crippen molar-refractivity contribution < 1.29 is 17.6 Å². The summed E-state index contributed by atoms with van der Waals surface area (Å²) in [6.07, 6.45) is 1.90. The zero-order valence-electron chi connectivity index (χ0n) is 15.4. The molecule has 8 heteroatoms. The van der Waals surface area contributed by atoms with Gasteiger partial charge in [0.1, 0.15) is 12.4 Å². The van der Waals surface area contributed by atoms with Gasteiger partial charge in [0, 0.05) is 0 Å². The molecule has 0 aliphatic heterocycles. The number of nitrogens with zero attached hydrogens (tertiary/aromatic N) is 1. The maximum Gasteiger partial charge on any atom is 0.241 e. The molecule has 0 spiro atoms. The minimum atomic E-state index is -3.76. The van der Waals surface area contributed by atoms with Crippen LogP contribution in [0.1, 0.15) is 31.0 Å². The molecule has 0 fully saturated rings. The fourth-order valence-corrected chi connectivity index (χ4v) is 3.61. The number of sulfonamides is 1. The molecule has 1 N–H and O–H groups in total. The van der Waals surface area contributed by atoms with Gasteiger partial charge in [-0.15, -0.1) is 0 Å². The number of aryl methyl sites for hydroxylation is 1. The fraction of sp³-hybridized carbons (Fsp3) is 0.316. The lowest BCUT2D eigenvalue weighted by molar-refractivity contribution is -0.120. The predicted molar refractivity (Wildman–Crippen MR) is 106 cm³/mol. The molecule has 0 aliphatic carbocycles. The third-order valence-electron chi connectivity index (χ3n) is 4.14. The van der Waals surface area contributed by atoms with Gasteiger partial charge in [0.05, 0.1) is 23.0 Å². The maximum absolute atomic E-state index is 13.4. The van der Waals surface area contributed by atoms with Crippen molar-refractivity contribution in [1.29, 1.82) is 0 Å². The van der Waals surface area contributed by atoms with Gasteiger partial charge in [-0.05, 0) is 42.7 Å². The molecule has 1 unspecified atom stereocenters. The van der Waals surface area contributed by atoms with Crippen LogP contribution < -0.4 is 9.62 Å². The molecular weight excluding hydrogens is 391 g/mol. The first-order chi connectivity index (χ1) is 12.6. The van der Waals surface area contributed by atoms with E-state index in [1.165, 1.54) is 17.7 Å². The second-order valence-corrected chi connectivity index (χ2v) is 8.57. The zero-order chi connectivity index (χ0) is 20.2. The van der Waals surface area contributed by atoms with E-state index in [0.29, 0.717) is 0 Å². The van der Waals surface area contributed by atoms with E-state index in [-0.39, 0.29) is 16.8 Å². The van der Waals surface area contributed by atoms with E-state index in [1.54, 1.807) is 0 Å². The highest BCUT2D eigenvalue weighted by Gasteiger charge is 2.22. The van der Waals surface area contributed by atoms with Gasteiger partial charge < -0.3 is 5.32 Å². The van der Waals surface area contributed by atoms with Crippen LogP contribution in [0.2, 0.25) is 5.02 Å². The van der Waals surface area contributed by atoms with E-state index < -0.39 is 28.3 Å². The Morgan fingerprint density at radius 2 is 1.85 bits per heavy atom. The summed E-state index contributed by atoms with van der Waals surface area (Å²) in [5, 5.41) is 2.56. The van der Waals surface area contributed by atoms with Crippen molar-refractivity contribution in [2.24, 2.45) is 0 Å². The molecule has 0 aromatic heterocycles. The summed E-state index contributed by atoms with van der Waals surface area (Å²) in [5.74, 6) is -1.14. The zero-order valence-corrected chi connectivity index (χ0v) is 16.9. The Hall–Kier alpha value is -2.12. The van der Waals surface area contributed by atoms with Crippen molar-refractivity contribution in [3.05, 3.63) is 64.4 Å². The first kappa shape index (κ1) is 21.2. The minimum Gasteiger partial charge on any atom is -0.348 e. The van der Waals surface area contributed by atoms with Crippen LogP contribution in [0.4, 0.5) is 10.1 Å². The first-order valence-corrected chi connectivity index (χ1v) is 10.7. The lowest BCUT2D eigenvalue weighted by Gasteiger charge is -2.23. The van der Waals surface area contributed by atoms with Crippen LogP contribution in [0.15, 0.2) is 42.5 Å². The normalized spacial score (nSPS) is 12.5. The molecule has 0 bridgehead atoms. The highest BCUT2D eigenvalue weighted by Crippen LogP contribution is 2.24. The molecule has 0 saturated carbocycles. The molecule has 0 radical (unpaired) electrons. The van der Waals surface area contributed by atoms with Gasteiger partial charge in [0.15, 0.2) is 0 Å². The van der Waals surface area contributed by atoms with Gasteiger partial charge in [0.25, 0.3) is 0 Å². The van der Waals surface area contributed by atoms with Crippen molar-refractivity contribution in [3.63, 3.8) is 0 Å². The van der Waals surface area contributed by atoms with Crippen LogP contribution >= 0.6 is 11.6 Å². The molecule has 0 aliphatic rings. The van der Waals surface area contributed by atoms with Gasteiger partial charge in [-0.1, -0.05) is 42.8 Å². The smallest absolute Gasteiger partial charge is 0.241 e. The van der Waals surface area contributed by atoms with E-state index in [0.717, 1.165) is 28.6 Å². The van der Waals surface area contributed by atoms with Crippen LogP contribution in [-0.2, 0) is 21.2 Å². The Balaban J connectivity index is 2.14. The third-order valence-corrected chi connectivity index (χ3v) is 5.57. The summed E-state index contributed by atoms with van der Waals surface area (Å²) in [5.41, 5.74) is 2.23. The number of amides is 1. The molecule has 0 saturated heterocycles. The van der Waals surface area contributed by atoms with Crippen molar-refractivity contribution in [1.82, 2.24) is 5.32 Å². The maximum atomic E-state index is 13.4. The molecular formula is C19H22ClFN2O3S. The van der Waals surface area contributed by atoms with Gasteiger partial charge >= 0.3 is 0 Å². The minimum absolute atomic E-state index is 0.124. The van der Waals surface area contributed by atoms with Crippen molar-refractivity contribution in [2.75, 3.05) is 17.1 Å². The van der Waals surface area contributed by atoms with Crippen molar-refractivity contribution >= 4 is 33.2 Å². The van der Waals surface area contributed by atoms with Crippen LogP contribution in [-0.4, -0.2) is 27.1 Å².